The van der Waals surface area contributed by atoms with E-state index in [0.717, 1.165) is 5.56 Å². The second kappa shape index (κ2) is 9.81. The maximum Gasteiger partial charge on any atom is 0.287 e. The lowest BCUT2D eigenvalue weighted by Gasteiger charge is -2.06. The number of hydrogen-bond acceptors (Lipinski definition) is 5. The first-order valence-corrected chi connectivity index (χ1v) is 10.9. The molecule has 7 heteroatoms. The van der Waals surface area contributed by atoms with Crippen LogP contribution in [0.25, 0.3) is 0 Å². The lowest BCUT2D eigenvalue weighted by molar-refractivity contribution is 0.0925. The van der Waals surface area contributed by atoms with Crippen LogP contribution in [0.3, 0.4) is 0 Å². The van der Waals surface area contributed by atoms with Crippen molar-refractivity contribution in [3.05, 3.63) is 83.8 Å². The van der Waals surface area contributed by atoms with E-state index in [9.17, 15) is 13.2 Å². The molecule has 0 spiro atoms. The van der Waals surface area contributed by atoms with Crippen molar-refractivity contribution in [3.8, 4) is 18.1 Å². The summed E-state index contributed by atoms with van der Waals surface area (Å²) in [4.78, 5) is 12.5. The fourth-order valence-corrected chi connectivity index (χ4v) is 4.03. The van der Waals surface area contributed by atoms with Gasteiger partial charge in [-0.25, -0.2) is 8.42 Å². The minimum Gasteiger partial charge on any atom is -0.481 e. The molecule has 0 aliphatic carbocycles. The van der Waals surface area contributed by atoms with Crippen molar-refractivity contribution in [1.82, 2.24) is 5.32 Å². The molecular weight excluding hydrogens is 402 g/mol. The number of benzene rings is 2. The largest absolute Gasteiger partial charge is 0.481 e. The van der Waals surface area contributed by atoms with Gasteiger partial charge in [0.2, 0.25) is 0 Å². The highest BCUT2D eigenvalue weighted by Gasteiger charge is 2.19. The van der Waals surface area contributed by atoms with E-state index in [1.807, 2.05) is 24.3 Å². The zero-order valence-corrected chi connectivity index (χ0v) is 17.0. The molecular formula is C23H21NO5S. The van der Waals surface area contributed by atoms with Crippen LogP contribution in [0.5, 0.6) is 5.75 Å². The molecule has 0 saturated heterocycles. The summed E-state index contributed by atoms with van der Waals surface area (Å²) in [5, 5.41) is 2.76. The molecule has 0 radical (unpaired) electrons. The molecule has 0 unspecified atom stereocenters. The van der Waals surface area contributed by atoms with E-state index in [-0.39, 0.29) is 28.8 Å². The van der Waals surface area contributed by atoms with E-state index in [1.165, 1.54) is 24.3 Å². The second-order valence-corrected chi connectivity index (χ2v) is 8.47. The van der Waals surface area contributed by atoms with Gasteiger partial charge < -0.3 is 14.5 Å². The number of rotatable bonds is 9. The first kappa shape index (κ1) is 21.2. The van der Waals surface area contributed by atoms with Gasteiger partial charge in [0, 0.05) is 6.54 Å². The van der Waals surface area contributed by atoms with Gasteiger partial charge in [0.1, 0.15) is 23.9 Å². The fraction of sp³-hybridized carbons (Fsp3) is 0.174. The molecule has 30 heavy (non-hydrogen) atoms. The Morgan fingerprint density at radius 1 is 1.03 bits per heavy atom. The Kier molecular flexibility index (Phi) is 6.94. The van der Waals surface area contributed by atoms with Crippen LogP contribution in [-0.4, -0.2) is 27.5 Å². The highest BCUT2D eigenvalue weighted by atomic mass is 32.2. The summed E-state index contributed by atoms with van der Waals surface area (Å²) in [6, 6.07) is 18.5. The van der Waals surface area contributed by atoms with Crippen LogP contribution in [0.15, 0.2) is 76.0 Å². The van der Waals surface area contributed by atoms with Crippen LogP contribution in [-0.2, 0) is 22.0 Å². The molecule has 3 aromatic rings. The molecule has 0 fully saturated rings. The zero-order valence-electron chi connectivity index (χ0n) is 16.2. The summed E-state index contributed by atoms with van der Waals surface area (Å²) in [6.45, 7) is 0.620. The maximum absolute atomic E-state index is 12.4. The van der Waals surface area contributed by atoms with Crippen molar-refractivity contribution in [1.29, 1.82) is 0 Å². The average molecular weight is 423 g/mol. The topological polar surface area (TPSA) is 85.6 Å². The van der Waals surface area contributed by atoms with Gasteiger partial charge in [-0.2, -0.15) is 0 Å². The zero-order chi connectivity index (χ0) is 21.4. The van der Waals surface area contributed by atoms with Crippen molar-refractivity contribution in [2.45, 2.75) is 17.1 Å². The lowest BCUT2D eigenvalue weighted by Crippen LogP contribution is -2.25. The van der Waals surface area contributed by atoms with Crippen molar-refractivity contribution in [2.75, 3.05) is 13.2 Å². The summed E-state index contributed by atoms with van der Waals surface area (Å²) < 4.78 is 35.6. The third-order valence-electron chi connectivity index (χ3n) is 4.26. The number of sulfone groups is 1. The van der Waals surface area contributed by atoms with Crippen molar-refractivity contribution in [3.63, 3.8) is 0 Å². The summed E-state index contributed by atoms with van der Waals surface area (Å²) in [6.07, 6.45) is 5.78. The normalized spacial score (nSPS) is 10.9. The van der Waals surface area contributed by atoms with Gasteiger partial charge in [-0.05, 0) is 48.4 Å². The van der Waals surface area contributed by atoms with Gasteiger partial charge in [0.05, 0.1) is 4.90 Å². The Bertz CT molecular complexity index is 1130. The number of amides is 1. The van der Waals surface area contributed by atoms with Crippen molar-refractivity contribution >= 4 is 15.7 Å². The van der Waals surface area contributed by atoms with Gasteiger partial charge in [0.25, 0.3) is 5.91 Å². The summed E-state index contributed by atoms with van der Waals surface area (Å²) in [5.41, 5.74) is 1.03. The molecule has 1 heterocycles. The first-order valence-electron chi connectivity index (χ1n) is 9.28. The van der Waals surface area contributed by atoms with Crippen LogP contribution in [0.1, 0.15) is 21.9 Å². The predicted molar refractivity (Wildman–Crippen MR) is 113 cm³/mol. The van der Waals surface area contributed by atoms with Gasteiger partial charge in [0.15, 0.2) is 15.6 Å². The number of terminal acetylenes is 1. The summed E-state index contributed by atoms with van der Waals surface area (Å²) >= 11 is 0. The van der Waals surface area contributed by atoms with Gasteiger partial charge in [-0.15, -0.1) is 6.42 Å². The lowest BCUT2D eigenvalue weighted by atomic mass is 10.1. The molecule has 1 amide bonds. The summed E-state index contributed by atoms with van der Waals surface area (Å²) in [5.74, 6) is 2.68. The minimum atomic E-state index is -3.53. The standard InChI is InChI=1S/C23H21NO5S/c1-2-16-28-19-10-8-18(9-11-19)14-15-24-23(25)22-13-12-20(29-22)17-30(26,27)21-6-4-3-5-7-21/h1,3-13H,14-17H2,(H,24,25). The van der Waals surface area contributed by atoms with E-state index < -0.39 is 15.7 Å². The second-order valence-electron chi connectivity index (χ2n) is 6.48. The van der Waals surface area contributed by atoms with E-state index >= 15 is 0 Å². The highest BCUT2D eigenvalue weighted by molar-refractivity contribution is 7.90. The molecule has 0 aliphatic rings. The number of carbonyl (C=O) groups excluding carboxylic acids is 1. The highest BCUT2D eigenvalue weighted by Crippen LogP contribution is 2.18. The molecule has 2 aromatic carbocycles. The Morgan fingerprint density at radius 3 is 2.47 bits per heavy atom. The fourth-order valence-electron chi connectivity index (χ4n) is 2.76. The van der Waals surface area contributed by atoms with Crippen molar-refractivity contribution in [2.24, 2.45) is 0 Å². The average Bonchev–Trinajstić information content (AvgIpc) is 3.21. The Labute approximate surface area is 175 Å². The number of nitrogens with one attached hydrogen (secondary N) is 1. The molecule has 0 bridgehead atoms. The number of carbonyl (C=O) groups is 1. The van der Waals surface area contributed by atoms with E-state index in [2.05, 4.69) is 11.2 Å². The molecule has 0 saturated carbocycles. The van der Waals surface area contributed by atoms with Gasteiger partial charge in [-0.1, -0.05) is 36.3 Å². The van der Waals surface area contributed by atoms with Crippen LogP contribution < -0.4 is 10.1 Å². The monoisotopic (exact) mass is 423 g/mol. The molecule has 6 nitrogen and oxygen atoms in total. The van der Waals surface area contributed by atoms with Gasteiger partial charge >= 0.3 is 0 Å². The molecule has 0 aliphatic heterocycles. The quantitative estimate of drug-likeness (QED) is 0.534. The Hall–Kier alpha value is -3.50. The third-order valence-corrected chi connectivity index (χ3v) is 5.92. The molecule has 0 atom stereocenters. The van der Waals surface area contributed by atoms with Gasteiger partial charge in [-0.3, -0.25) is 4.79 Å². The predicted octanol–water partition coefficient (Wildman–Crippen LogP) is 3.24. The van der Waals surface area contributed by atoms with E-state index in [1.54, 1.807) is 18.2 Å². The number of furan rings is 1. The third kappa shape index (κ3) is 5.75. The Morgan fingerprint density at radius 2 is 1.77 bits per heavy atom. The molecule has 154 valence electrons. The Balaban J connectivity index is 1.51. The number of hydrogen-bond donors (Lipinski definition) is 1. The number of ether oxygens (including phenoxy) is 1. The maximum atomic E-state index is 12.4. The van der Waals surface area contributed by atoms with Crippen molar-refractivity contribution < 1.29 is 22.4 Å². The van der Waals surface area contributed by atoms with Crippen LogP contribution in [0.4, 0.5) is 0 Å². The van der Waals surface area contributed by atoms with E-state index in [0.29, 0.717) is 18.7 Å². The van der Waals surface area contributed by atoms with E-state index in [4.69, 9.17) is 15.6 Å². The molecule has 1 aromatic heterocycles. The van der Waals surface area contributed by atoms with Crippen LogP contribution in [0, 0.1) is 12.3 Å². The first-order chi connectivity index (χ1) is 14.5. The van der Waals surface area contributed by atoms with Crippen LogP contribution in [0.2, 0.25) is 0 Å². The SMILES string of the molecule is C#CCOc1ccc(CCNC(=O)c2ccc(CS(=O)(=O)c3ccccc3)o2)cc1. The molecule has 3 rings (SSSR count). The molecule has 1 N–H and O–H groups in total. The summed E-state index contributed by atoms with van der Waals surface area (Å²) in [7, 11) is -3.53. The minimum absolute atomic E-state index is 0.0753. The smallest absolute Gasteiger partial charge is 0.287 e. The van der Waals surface area contributed by atoms with Crippen LogP contribution >= 0.6 is 0 Å².